The standard InChI is InChI=1S/C9H11NO3/c1-12-8-5-3-4-7(6-10-8)9(11)13-2/h3-4,6H,5H2,1-2H3. The molecule has 4 heteroatoms. The number of hydrogen-bond donors (Lipinski definition) is 0. The third-order valence-corrected chi connectivity index (χ3v) is 1.59. The van der Waals surface area contributed by atoms with E-state index in [0.29, 0.717) is 17.9 Å². The van der Waals surface area contributed by atoms with Crippen molar-refractivity contribution in [2.45, 2.75) is 6.42 Å². The van der Waals surface area contributed by atoms with E-state index in [0.717, 1.165) is 0 Å². The van der Waals surface area contributed by atoms with Crippen LogP contribution in [0.25, 0.3) is 0 Å². The number of nitrogens with zero attached hydrogens (tertiary/aromatic N) is 1. The van der Waals surface area contributed by atoms with Gasteiger partial charge in [-0.2, -0.15) is 0 Å². The summed E-state index contributed by atoms with van der Waals surface area (Å²) in [6.07, 6.45) is 5.50. The Kier molecular flexibility index (Phi) is 3.25. The molecule has 1 aliphatic heterocycles. The van der Waals surface area contributed by atoms with Crippen molar-refractivity contribution in [3.8, 4) is 0 Å². The fourth-order valence-corrected chi connectivity index (χ4v) is 0.899. The zero-order chi connectivity index (χ0) is 9.68. The van der Waals surface area contributed by atoms with Crippen LogP contribution < -0.4 is 0 Å². The van der Waals surface area contributed by atoms with Crippen molar-refractivity contribution in [2.24, 2.45) is 4.99 Å². The van der Waals surface area contributed by atoms with Crippen molar-refractivity contribution >= 4 is 11.9 Å². The van der Waals surface area contributed by atoms with Crippen molar-refractivity contribution in [1.82, 2.24) is 0 Å². The molecule has 0 aromatic rings. The summed E-state index contributed by atoms with van der Waals surface area (Å²) in [6.45, 7) is 0. The first-order chi connectivity index (χ1) is 6.27. The van der Waals surface area contributed by atoms with Crippen LogP contribution in [0, 0.1) is 0 Å². The topological polar surface area (TPSA) is 47.9 Å². The van der Waals surface area contributed by atoms with Crippen LogP contribution in [0.3, 0.4) is 0 Å². The van der Waals surface area contributed by atoms with Gasteiger partial charge in [-0.05, 0) is 6.08 Å². The van der Waals surface area contributed by atoms with E-state index in [2.05, 4.69) is 9.73 Å². The fraction of sp³-hybridized carbons (Fsp3) is 0.333. The monoisotopic (exact) mass is 181 g/mol. The summed E-state index contributed by atoms with van der Waals surface area (Å²) in [7, 11) is 2.88. The summed E-state index contributed by atoms with van der Waals surface area (Å²) in [5.74, 6) is 0.188. The Morgan fingerprint density at radius 1 is 1.54 bits per heavy atom. The Morgan fingerprint density at radius 3 is 2.92 bits per heavy atom. The van der Waals surface area contributed by atoms with E-state index in [1.54, 1.807) is 19.3 Å². The number of aliphatic imine (C=N–C) groups is 1. The molecule has 0 aromatic heterocycles. The van der Waals surface area contributed by atoms with E-state index >= 15 is 0 Å². The minimum absolute atomic E-state index is 0.391. The fourth-order valence-electron chi connectivity index (χ4n) is 0.899. The quantitative estimate of drug-likeness (QED) is 0.568. The third-order valence-electron chi connectivity index (χ3n) is 1.59. The normalized spacial score (nSPS) is 15.5. The second-order valence-corrected chi connectivity index (χ2v) is 2.41. The zero-order valence-electron chi connectivity index (χ0n) is 7.61. The van der Waals surface area contributed by atoms with Crippen LogP contribution in [0.5, 0.6) is 0 Å². The first-order valence-electron chi connectivity index (χ1n) is 3.83. The smallest absolute Gasteiger partial charge is 0.339 e. The first kappa shape index (κ1) is 9.51. The zero-order valence-corrected chi connectivity index (χ0v) is 7.61. The van der Waals surface area contributed by atoms with Gasteiger partial charge in [-0.15, -0.1) is 0 Å². The minimum Gasteiger partial charge on any atom is -0.484 e. The minimum atomic E-state index is -0.391. The average molecular weight is 181 g/mol. The van der Waals surface area contributed by atoms with Crippen molar-refractivity contribution in [3.63, 3.8) is 0 Å². The van der Waals surface area contributed by atoms with Crippen LogP contribution in [-0.2, 0) is 14.3 Å². The Morgan fingerprint density at radius 2 is 2.31 bits per heavy atom. The highest BCUT2D eigenvalue weighted by atomic mass is 16.5. The highest BCUT2D eigenvalue weighted by Gasteiger charge is 2.08. The van der Waals surface area contributed by atoms with E-state index in [1.165, 1.54) is 13.3 Å². The van der Waals surface area contributed by atoms with Gasteiger partial charge in [0.1, 0.15) is 0 Å². The lowest BCUT2D eigenvalue weighted by atomic mass is 10.2. The summed E-state index contributed by atoms with van der Waals surface area (Å²) in [4.78, 5) is 15.0. The molecule has 0 atom stereocenters. The number of carbonyl (C=O) groups is 1. The molecule has 1 rings (SSSR count). The molecule has 0 aliphatic carbocycles. The maximum absolute atomic E-state index is 11.1. The number of rotatable bonds is 1. The Labute approximate surface area is 76.6 Å². The summed E-state index contributed by atoms with van der Waals surface area (Å²) in [6, 6.07) is 0. The van der Waals surface area contributed by atoms with Gasteiger partial charge in [0.2, 0.25) is 0 Å². The maximum atomic E-state index is 11.1. The summed E-state index contributed by atoms with van der Waals surface area (Å²) in [5, 5.41) is 0. The van der Waals surface area contributed by atoms with Gasteiger partial charge in [0.15, 0.2) is 5.90 Å². The van der Waals surface area contributed by atoms with Crippen molar-refractivity contribution in [2.75, 3.05) is 14.2 Å². The molecule has 0 spiro atoms. The van der Waals surface area contributed by atoms with E-state index in [4.69, 9.17) is 4.74 Å². The molecule has 13 heavy (non-hydrogen) atoms. The molecule has 0 bridgehead atoms. The molecular formula is C9H11NO3. The predicted octanol–water partition coefficient (Wildman–Crippen LogP) is 1.05. The molecule has 4 nitrogen and oxygen atoms in total. The van der Waals surface area contributed by atoms with Crippen LogP contribution >= 0.6 is 0 Å². The number of methoxy groups -OCH3 is 2. The van der Waals surface area contributed by atoms with Gasteiger partial charge in [0, 0.05) is 12.6 Å². The van der Waals surface area contributed by atoms with E-state index < -0.39 is 5.97 Å². The molecule has 0 saturated carbocycles. The van der Waals surface area contributed by atoms with Crippen LogP contribution in [0.1, 0.15) is 6.42 Å². The second kappa shape index (κ2) is 4.45. The molecule has 0 radical (unpaired) electrons. The van der Waals surface area contributed by atoms with Gasteiger partial charge in [-0.1, -0.05) is 6.08 Å². The van der Waals surface area contributed by atoms with Crippen LogP contribution in [0.15, 0.2) is 28.9 Å². The lowest BCUT2D eigenvalue weighted by Gasteiger charge is -1.96. The molecule has 70 valence electrons. The Bertz CT molecular complexity index is 289. The van der Waals surface area contributed by atoms with Crippen LogP contribution in [-0.4, -0.2) is 26.1 Å². The highest BCUT2D eigenvalue weighted by molar-refractivity contribution is 5.92. The summed E-state index contributed by atoms with van der Waals surface area (Å²) in [5.41, 5.74) is 0.426. The Balaban J connectivity index is 2.82. The number of ether oxygens (including phenoxy) is 2. The van der Waals surface area contributed by atoms with Crippen molar-refractivity contribution in [3.05, 3.63) is 23.9 Å². The van der Waals surface area contributed by atoms with Gasteiger partial charge >= 0.3 is 5.97 Å². The SMILES string of the molecule is COC(=O)C1=CN=C(OC)CC=C1. The van der Waals surface area contributed by atoms with Gasteiger partial charge in [0.05, 0.1) is 19.8 Å². The van der Waals surface area contributed by atoms with E-state index in [1.807, 2.05) is 0 Å². The van der Waals surface area contributed by atoms with E-state index in [-0.39, 0.29) is 0 Å². The molecular weight excluding hydrogens is 170 g/mol. The highest BCUT2D eigenvalue weighted by Crippen LogP contribution is 2.06. The van der Waals surface area contributed by atoms with Gasteiger partial charge in [0.25, 0.3) is 0 Å². The second-order valence-electron chi connectivity index (χ2n) is 2.41. The third kappa shape index (κ3) is 2.43. The molecule has 1 aliphatic rings. The molecule has 0 amide bonds. The van der Waals surface area contributed by atoms with Gasteiger partial charge < -0.3 is 9.47 Å². The number of hydrogen-bond acceptors (Lipinski definition) is 4. The number of carbonyl (C=O) groups excluding carboxylic acids is 1. The van der Waals surface area contributed by atoms with Gasteiger partial charge in [-0.3, -0.25) is 0 Å². The van der Waals surface area contributed by atoms with Crippen molar-refractivity contribution < 1.29 is 14.3 Å². The lowest BCUT2D eigenvalue weighted by molar-refractivity contribution is -0.135. The lowest BCUT2D eigenvalue weighted by Crippen LogP contribution is -2.01. The largest absolute Gasteiger partial charge is 0.484 e. The molecule has 0 unspecified atom stereocenters. The average Bonchev–Trinajstić information content (AvgIpc) is 2.41. The summed E-state index contributed by atoms with van der Waals surface area (Å²) >= 11 is 0. The Hall–Kier alpha value is -1.58. The first-order valence-corrected chi connectivity index (χ1v) is 3.83. The molecule has 0 N–H and O–H groups in total. The van der Waals surface area contributed by atoms with E-state index in [9.17, 15) is 4.79 Å². The maximum Gasteiger partial charge on any atom is 0.339 e. The molecule has 0 aromatic carbocycles. The predicted molar refractivity (Wildman–Crippen MR) is 48.3 cm³/mol. The number of esters is 1. The van der Waals surface area contributed by atoms with Gasteiger partial charge in [-0.25, -0.2) is 9.79 Å². The molecule has 0 fully saturated rings. The summed E-state index contributed by atoms with van der Waals surface area (Å²) < 4.78 is 9.48. The van der Waals surface area contributed by atoms with Crippen LogP contribution in [0.4, 0.5) is 0 Å². The molecule has 1 heterocycles. The van der Waals surface area contributed by atoms with Crippen molar-refractivity contribution in [1.29, 1.82) is 0 Å². The van der Waals surface area contributed by atoms with Crippen LogP contribution in [0.2, 0.25) is 0 Å². The molecule has 0 saturated heterocycles.